The number of likely N-dealkylation sites (tertiary alicyclic amines) is 1. The van der Waals surface area contributed by atoms with E-state index < -0.39 is 0 Å². The average molecular weight is 351 g/mol. The van der Waals surface area contributed by atoms with Crippen LogP contribution < -0.4 is 5.32 Å². The fraction of sp³-hybridized carbons (Fsp3) is 0.556. The highest BCUT2D eigenvalue weighted by Gasteiger charge is 2.28. The number of carbonyl (C=O) groups is 2. The second-order valence-electron chi connectivity index (χ2n) is 6.45. The van der Waals surface area contributed by atoms with E-state index in [9.17, 15) is 9.59 Å². The van der Waals surface area contributed by atoms with Crippen LogP contribution in [0.5, 0.6) is 0 Å². The molecule has 2 fully saturated rings. The number of rotatable bonds is 4. The third-order valence-electron chi connectivity index (χ3n) is 4.77. The number of piperidine rings is 1. The van der Waals surface area contributed by atoms with E-state index in [4.69, 9.17) is 16.3 Å². The Morgan fingerprint density at radius 1 is 1.17 bits per heavy atom. The van der Waals surface area contributed by atoms with Gasteiger partial charge in [-0.2, -0.15) is 0 Å². The number of carbonyl (C=O) groups excluding carboxylic acids is 2. The number of nitrogens with zero attached hydrogens (tertiary/aromatic N) is 1. The van der Waals surface area contributed by atoms with Crippen molar-refractivity contribution in [2.45, 2.75) is 31.8 Å². The molecule has 1 aromatic rings. The molecule has 2 aliphatic heterocycles. The van der Waals surface area contributed by atoms with Gasteiger partial charge in [0.25, 0.3) is 5.91 Å². The molecule has 3 rings (SSSR count). The van der Waals surface area contributed by atoms with Crippen LogP contribution in [0.2, 0.25) is 5.02 Å². The first-order valence-corrected chi connectivity index (χ1v) is 8.95. The van der Waals surface area contributed by atoms with E-state index in [1.54, 1.807) is 24.3 Å². The molecular weight excluding hydrogens is 328 g/mol. The molecule has 0 spiro atoms. The van der Waals surface area contributed by atoms with Gasteiger partial charge in [0, 0.05) is 42.7 Å². The maximum Gasteiger partial charge on any atom is 0.253 e. The van der Waals surface area contributed by atoms with E-state index in [1.165, 1.54) is 0 Å². The van der Waals surface area contributed by atoms with Crippen molar-refractivity contribution in [1.82, 2.24) is 10.2 Å². The Kier molecular flexibility index (Phi) is 5.74. The molecular formula is C18H23ClN2O3. The summed E-state index contributed by atoms with van der Waals surface area (Å²) >= 11 is 5.85. The maximum absolute atomic E-state index is 12.5. The van der Waals surface area contributed by atoms with Gasteiger partial charge in [0.1, 0.15) is 0 Å². The van der Waals surface area contributed by atoms with Crippen LogP contribution in [0.25, 0.3) is 0 Å². The van der Waals surface area contributed by atoms with E-state index in [-0.39, 0.29) is 23.8 Å². The summed E-state index contributed by atoms with van der Waals surface area (Å²) in [6, 6.07) is 6.93. The number of amides is 2. The lowest BCUT2D eigenvalue weighted by molar-refractivity contribution is -0.126. The molecule has 2 heterocycles. The van der Waals surface area contributed by atoms with Gasteiger partial charge in [-0.05, 0) is 49.9 Å². The molecule has 0 aromatic heterocycles. The van der Waals surface area contributed by atoms with Gasteiger partial charge in [0.15, 0.2) is 0 Å². The average Bonchev–Trinajstić information content (AvgIpc) is 3.13. The highest BCUT2D eigenvalue weighted by Crippen LogP contribution is 2.20. The molecule has 1 aromatic carbocycles. The van der Waals surface area contributed by atoms with Gasteiger partial charge in [0.2, 0.25) is 5.91 Å². The van der Waals surface area contributed by atoms with Crippen LogP contribution in [-0.4, -0.2) is 49.1 Å². The quantitative estimate of drug-likeness (QED) is 0.907. The molecule has 0 aliphatic carbocycles. The Labute approximate surface area is 147 Å². The van der Waals surface area contributed by atoms with E-state index in [0.717, 1.165) is 19.4 Å². The van der Waals surface area contributed by atoms with Crippen molar-refractivity contribution in [3.05, 3.63) is 34.9 Å². The summed E-state index contributed by atoms with van der Waals surface area (Å²) in [5, 5.41) is 3.61. The summed E-state index contributed by atoms with van der Waals surface area (Å²) < 4.78 is 5.52. The lowest BCUT2D eigenvalue weighted by Gasteiger charge is -2.31. The molecule has 1 N–H and O–H groups in total. The molecule has 2 aliphatic rings. The summed E-state index contributed by atoms with van der Waals surface area (Å²) in [5.74, 6) is 0.0784. The molecule has 0 unspecified atom stereocenters. The van der Waals surface area contributed by atoms with Crippen molar-refractivity contribution in [3.63, 3.8) is 0 Å². The molecule has 0 bridgehead atoms. The van der Waals surface area contributed by atoms with Gasteiger partial charge in [-0.1, -0.05) is 11.6 Å². The first kappa shape index (κ1) is 17.2. The molecule has 1 atom stereocenters. The summed E-state index contributed by atoms with van der Waals surface area (Å²) in [5.41, 5.74) is 0.640. The van der Waals surface area contributed by atoms with Gasteiger partial charge < -0.3 is 15.0 Å². The van der Waals surface area contributed by atoms with E-state index >= 15 is 0 Å². The minimum atomic E-state index is -0.0133. The zero-order valence-corrected chi connectivity index (χ0v) is 14.4. The monoisotopic (exact) mass is 350 g/mol. The zero-order valence-electron chi connectivity index (χ0n) is 13.7. The molecule has 130 valence electrons. The summed E-state index contributed by atoms with van der Waals surface area (Å²) in [6.45, 7) is 2.62. The maximum atomic E-state index is 12.5. The number of halogens is 1. The summed E-state index contributed by atoms with van der Waals surface area (Å²) in [7, 11) is 0. The Hall–Kier alpha value is -1.59. The van der Waals surface area contributed by atoms with E-state index in [2.05, 4.69) is 5.32 Å². The SMILES string of the molecule is O=C(NC[C@@H]1CCCO1)C1CCN(C(=O)c2ccc(Cl)cc2)CC1. The van der Waals surface area contributed by atoms with Gasteiger partial charge in [-0.3, -0.25) is 9.59 Å². The molecule has 0 radical (unpaired) electrons. The fourth-order valence-electron chi connectivity index (χ4n) is 3.28. The lowest BCUT2D eigenvalue weighted by atomic mass is 9.95. The molecule has 2 amide bonds. The van der Waals surface area contributed by atoms with Crippen molar-refractivity contribution in [2.75, 3.05) is 26.2 Å². The highest BCUT2D eigenvalue weighted by atomic mass is 35.5. The second-order valence-corrected chi connectivity index (χ2v) is 6.89. The molecule has 2 saturated heterocycles. The summed E-state index contributed by atoms with van der Waals surface area (Å²) in [4.78, 5) is 26.5. The third-order valence-corrected chi connectivity index (χ3v) is 5.02. The third kappa shape index (κ3) is 4.28. The largest absolute Gasteiger partial charge is 0.376 e. The normalized spacial score (nSPS) is 21.7. The molecule has 24 heavy (non-hydrogen) atoms. The predicted molar refractivity (Wildman–Crippen MR) is 92.1 cm³/mol. The van der Waals surface area contributed by atoms with Crippen LogP contribution in [0.1, 0.15) is 36.0 Å². The van der Waals surface area contributed by atoms with Crippen LogP contribution in [-0.2, 0) is 9.53 Å². The second kappa shape index (κ2) is 7.99. The standard InChI is InChI=1S/C18H23ClN2O3/c19-15-5-3-14(4-6-15)18(23)21-9-7-13(8-10-21)17(22)20-12-16-2-1-11-24-16/h3-6,13,16H,1-2,7-12H2,(H,20,22)/t16-/m0/s1. The van der Waals surface area contributed by atoms with Crippen molar-refractivity contribution >= 4 is 23.4 Å². The first-order chi connectivity index (χ1) is 11.6. The predicted octanol–water partition coefficient (Wildman–Crippen LogP) is 2.49. The Morgan fingerprint density at radius 2 is 1.88 bits per heavy atom. The number of benzene rings is 1. The smallest absolute Gasteiger partial charge is 0.253 e. The molecule has 5 nitrogen and oxygen atoms in total. The highest BCUT2D eigenvalue weighted by molar-refractivity contribution is 6.30. The Morgan fingerprint density at radius 3 is 2.50 bits per heavy atom. The van der Waals surface area contributed by atoms with Crippen molar-refractivity contribution < 1.29 is 14.3 Å². The van der Waals surface area contributed by atoms with Crippen LogP contribution in [0.4, 0.5) is 0 Å². The van der Waals surface area contributed by atoms with Crippen LogP contribution in [0, 0.1) is 5.92 Å². The number of ether oxygens (including phenoxy) is 1. The number of hydrogen-bond donors (Lipinski definition) is 1. The van der Waals surface area contributed by atoms with Crippen molar-refractivity contribution in [1.29, 1.82) is 0 Å². The van der Waals surface area contributed by atoms with Gasteiger partial charge in [0.05, 0.1) is 6.10 Å². The number of hydrogen-bond acceptors (Lipinski definition) is 3. The van der Waals surface area contributed by atoms with Crippen LogP contribution in [0.3, 0.4) is 0 Å². The number of nitrogens with one attached hydrogen (secondary N) is 1. The minimum absolute atomic E-state index is 0.00452. The lowest BCUT2D eigenvalue weighted by Crippen LogP contribution is -2.44. The van der Waals surface area contributed by atoms with Crippen LogP contribution >= 0.6 is 11.6 Å². The Bertz CT molecular complexity index is 576. The van der Waals surface area contributed by atoms with Gasteiger partial charge in [-0.15, -0.1) is 0 Å². The van der Waals surface area contributed by atoms with Gasteiger partial charge in [-0.25, -0.2) is 0 Å². The summed E-state index contributed by atoms with van der Waals surface area (Å²) in [6.07, 6.45) is 3.67. The molecule has 6 heteroatoms. The fourth-order valence-corrected chi connectivity index (χ4v) is 3.41. The van der Waals surface area contributed by atoms with E-state index in [0.29, 0.717) is 43.1 Å². The molecule has 0 saturated carbocycles. The van der Waals surface area contributed by atoms with Crippen LogP contribution in [0.15, 0.2) is 24.3 Å². The van der Waals surface area contributed by atoms with Crippen molar-refractivity contribution in [3.8, 4) is 0 Å². The first-order valence-electron chi connectivity index (χ1n) is 8.57. The topological polar surface area (TPSA) is 58.6 Å². The van der Waals surface area contributed by atoms with Gasteiger partial charge >= 0.3 is 0 Å². The minimum Gasteiger partial charge on any atom is -0.376 e. The van der Waals surface area contributed by atoms with Crippen molar-refractivity contribution in [2.24, 2.45) is 5.92 Å². The Balaban J connectivity index is 1.45. The zero-order chi connectivity index (χ0) is 16.9. The van der Waals surface area contributed by atoms with E-state index in [1.807, 2.05) is 4.90 Å².